The molecule has 0 atom stereocenters. The Bertz CT molecular complexity index is 1280. The third kappa shape index (κ3) is 4.84. The second-order valence-corrected chi connectivity index (χ2v) is 9.62. The summed E-state index contributed by atoms with van der Waals surface area (Å²) >= 11 is 4.13. The first-order chi connectivity index (χ1) is 15.6. The standard InChI is InChI=1S/C21H21N5O3S3/c1-3-8-25(12-16-23-24-19(29-16)15-6-5-10-30-15)17(27)13-32-21-22-14-7-11-31-18(14)20(28)26(21)9-4-2/h4-7,10-11H,2-3,8-9,12-13H2,1H3. The molecule has 0 aliphatic heterocycles. The van der Waals surface area contributed by atoms with Gasteiger partial charge in [-0.2, -0.15) is 0 Å². The van der Waals surface area contributed by atoms with Crippen molar-refractivity contribution in [1.82, 2.24) is 24.6 Å². The zero-order chi connectivity index (χ0) is 22.5. The van der Waals surface area contributed by atoms with Crippen molar-refractivity contribution in [2.75, 3.05) is 12.3 Å². The van der Waals surface area contributed by atoms with Gasteiger partial charge in [0, 0.05) is 13.1 Å². The minimum absolute atomic E-state index is 0.0856. The van der Waals surface area contributed by atoms with Crippen LogP contribution in [0.5, 0.6) is 0 Å². The number of thioether (sulfide) groups is 1. The first kappa shape index (κ1) is 22.4. The fourth-order valence-corrected chi connectivity index (χ4v) is 5.42. The van der Waals surface area contributed by atoms with E-state index in [1.807, 2.05) is 35.9 Å². The van der Waals surface area contributed by atoms with E-state index in [9.17, 15) is 9.59 Å². The highest BCUT2D eigenvalue weighted by Crippen LogP contribution is 2.24. The average Bonchev–Trinajstić information content (AvgIpc) is 3.55. The molecule has 0 saturated heterocycles. The predicted molar refractivity (Wildman–Crippen MR) is 128 cm³/mol. The topological polar surface area (TPSA) is 94.1 Å². The zero-order valence-electron chi connectivity index (χ0n) is 17.4. The SMILES string of the molecule is C=CCn1c(SCC(=O)N(CCC)Cc2nnc(-c3cccs3)o2)nc2ccsc2c1=O. The van der Waals surface area contributed by atoms with Gasteiger partial charge in [-0.15, -0.1) is 39.4 Å². The summed E-state index contributed by atoms with van der Waals surface area (Å²) in [6.45, 7) is 6.87. The van der Waals surface area contributed by atoms with E-state index < -0.39 is 0 Å². The quantitative estimate of drug-likeness (QED) is 0.187. The van der Waals surface area contributed by atoms with E-state index >= 15 is 0 Å². The molecule has 11 heteroatoms. The Hall–Kier alpha value is -2.76. The van der Waals surface area contributed by atoms with Gasteiger partial charge in [0.1, 0.15) is 4.70 Å². The summed E-state index contributed by atoms with van der Waals surface area (Å²) < 4.78 is 7.90. The summed E-state index contributed by atoms with van der Waals surface area (Å²) in [6, 6.07) is 5.64. The molecule has 4 aromatic heterocycles. The van der Waals surface area contributed by atoms with Crippen LogP contribution in [0.2, 0.25) is 0 Å². The van der Waals surface area contributed by atoms with E-state index in [0.29, 0.717) is 40.2 Å². The molecule has 0 bridgehead atoms. The number of carbonyl (C=O) groups excluding carboxylic acids is 1. The van der Waals surface area contributed by atoms with Gasteiger partial charge in [-0.1, -0.05) is 30.8 Å². The largest absolute Gasteiger partial charge is 0.418 e. The maximum atomic E-state index is 13.0. The van der Waals surface area contributed by atoms with Crippen molar-refractivity contribution in [1.29, 1.82) is 0 Å². The molecule has 8 nitrogen and oxygen atoms in total. The lowest BCUT2D eigenvalue weighted by molar-refractivity contribution is -0.129. The van der Waals surface area contributed by atoms with Crippen molar-refractivity contribution in [3.05, 3.63) is 57.9 Å². The maximum Gasteiger partial charge on any atom is 0.272 e. The van der Waals surface area contributed by atoms with Crippen LogP contribution < -0.4 is 5.56 Å². The van der Waals surface area contributed by atoms with Crippen LogP contribution in [0.15, 0.2) is 56.0 Å². The highest BCUT2D eigenvalue weighted by atomic mass is 32.2. The number of aromatic nitrogens is 4. The van der Waals surface area contributed by atoms with Crippen LogP contribution in [0.3, 0.4) is 0 Å². The maximum absolute atomic E-state index is 13.0. The molecule has 0 aromatic carbocycles. The molecule has 0 unspecified atom stereocenters. The molecule has 4 aromatic rings. The molecular formula is C21H21N5O3S3. The van der Waals surface area contributed by atoms with Crippen LogP contribution in [0.25, 0.3) is 21.0 Å². The van der Waals surface area contributed by atoms with E-state index in [4.69, 9.17) is 4.42 Å². The molecule has 4 heterocycles. The number of hydrogen-bond acceptors (Lipinski definition) is 9. The van der Waals surface area contributed by atoms with Gasteiger partial charge < -0.3 is 9.32 Å². The van der Waals surface area contributed by atoms with Crippen molar-refractivity contribution < 1.29 is 9.21 Å². The van der Waals surface area contributed by atoms with E-state index in [1.54, 1.807) is 15.5 Å². The average molecular weight is 488 g/mol. The van der Waals surface area contributed by atoms with Gasteiger partial charge in [-0.3, -0.25) is 14.2 Å². The summed E-state index contributed by atoms with van der Waals surface area (Å²) in [5, 5.41) is 12.5. The number of nitrogens with zero attached hydrogens (tertiary/aromatic N) is 5. The Balaban J connectivity index is 1.48. The number of fused-ring (bicyclic) bond motifs is 1. The van der Waals surface area contributed by atoms with Crippen molar-refractivity contribution in [2.24, 2.45) is 0 Å². The number of amides is 1. The molecule has 32 heavy (non-hydrogen) atoms. The van der Waals surface area contributed by atoms with Crippen molar-refractivity contribution in [3.63, 3.8) is 0 Å². The van der Waals surface area contributed by atoms with Crippen LogP contribution in [0.1, 0.15) is 19.2 Å². The van der Waals surface area contributed by atoms with Crippen molar-refractivity contribution in [3.8, 4) is 10.8 Å². The number of hydrogen-bond donors (Lipinski definition) is 0. The normalized spacial score (nSPS) is 11.2. The Kier molecular flexibility index (Phi) is 7.18. The molecule has 1 amide bonds. The summed E-state index contributed by atoms with van der Waals surface area (Å²) in [7, 11) is 0. The second-order valence-electron chi connectivity index (χ2n) is 6.82. The fourth-order valence-electron chi connectivity index (χ4n) is 3.08. The molecule has 166 valence electrons. The summed E-state index contributed by atoms with van der Waals surface area (Å²) in [5.41, 5.74) is 0.532. The number of rotatable bonds is 10. The Morgan fingerprint density at radius 1 is 1.31 bits per heavy atom. The third-order valence-electron chi connectivity index (χ3n) is 4.54. The monoisotopic (exact) mass is 487 g/mol. The van der Waals surface area contributed by atoms with Gasteiger partial charge in [0.2, 0.25) is 11.8 Å². The highest BCUT2D eigenvalue weighted by Gasteiger charge is 2.20. The summed E-state index contributed by atoms with van der Waals surface area (Å²) in [4.78, 5) is 32.9. The first-order valence-electron chi connectivity index (χ1n) is 9.96. The molecule has 0 radical (unpaired) electrons. The minimum atomic E-state index is -0.114. The van der Waals surface area contributed by atoms with Gasteiger partial charge in [0.25, 0.3) is 11.4 Å². The summed E-state index contributed by atoms with van der Waals surface area (Å²) in [5.74, 6) is 0.902. The number of allylic oxidation sites excluding steroid dienone is 1. The third-order valence-corrected chi connectivity index (χ3v) is 7.25. The molecule has 4 rings (SSSR count). The Morgan fingerprint density at radius 3 is 2.94 bits per heavy atom. The first-order valence-corrected chi connectivity index (χ1v) is 12.7. The Morgan fingerprint density at radius 2 is 2.19 bits per heavy atom. The second kappa shape index (κ2) is 10.2. The van der Waals surface area contributed by atoms with E-state index in [2.05, 4.69) is 21.8 Å². The predicted octanol–water partition coefficient (Wildman–Crippen LogP) is 4.29. The van der Waals surface area contributed by atoms with Gasteiger partial charge in [0.15, 0.2) is 5.16 Å². The van der Waals surface area contributed by atoms with E-state index in [-0.39, 0.29) is 23.8 Å². The van der Waals surface area contributed by atoms with Crippen LogP contribution in [-0.4, -0.2) is 42.9 Å². The summed E-state index contributed by atoms with van der Waals surface area (Å²) in [6.07, 6.45) is 2.45. The molecular weight excluding hydrogens is 466 g/mol. The molecule has 0 aliphatic rings. The van der Waals surface area contributed by atoms with Crippen molar-refractivity contribution in [2.45, 2.75) is 31.6 Å². The molecule has 0 spiro atoms. The Labute approximate surface area is 196 Å². The fraction of sp³-hybridized carbons (Fsp3) is 0.286. The number of thiophene rings is 2. The lowest BCUT2D eigenvalue weighted by Crippen LogP contribution is -2.33. The van der Waals surface area contributed by atoms with Crippen LogP contribution in [-0.2, 0) is 17.9 Å². The van der Waals surface area contributed by atoms with E-state index in [0.717, 1.165) is 11.3 Å². The smallest absolute Gasteiger partial charge is 0.272 e. The lowest BCUT2D eigenvalue weighted by Gasteiger charge is -2.20. The molecule has 0 N–H and O–H groups in total. The molecule has 0 aliphatic carbocycles. The lowest BCUT2D eigenvalue weighted by atomic mass is 10.4. The van der Waals surface area contributed by atoms with Crippen LogP contribution in [0.4, 0.5) is 0 Å². The van der Waals surface area contributed by atoms with Crippen molar-refractivity contribution >= 4 is 50.6 Å². The van der Waals surface area contributed by atoms with Gasteiger partial charge in [-0.05, 0) is 29.3 Å². The van der Waals surface area contributed by atoms with Crippen LogP contribution >= 0.6 is 34.4 Å². The van der Waals surface area contributed by atoms with Gasteiger partial charge >= 0.3 is 0 Å². The number of carbonyl (C=O) groups is 1. The molecule has 0 fully saturated rings. The van der Waals surface area contributed by atoms with E-state index in [1.165, 1.54) is 34.4 Å². The van der Waals surface area contributed by atoms with Crippen LogP contribution in [0, 0.1) is 0 Å². The van der Waals surface area contributed by atoms with Gasteiger partial charge in [0.05, 0.1) is 22.7 Å². The highest BCUT2D eigenvalue weighted by molar-refractivity contribution is 7.99. The van der Waals surface area contributed by atoms with Gasteiger partial charge in [-0.25, -0.2) is 4.98 Å². The zero-order valence-corrected chi connectivity index (χ0v) is 19.8. The minimum Gasteiger partial charge on any atom is -0.418 e. The molecule has 0 saturated carbocycles.